The minimum absolute atomic E-state index is 0.0535. The van der Waals surface area contributed by atoms with E-state index >= 15 is 0 Å². The maximum Gasteiger partial charge on any atom is 0.415 e. The lowest BCUT2D eigenvalue weighted by Crippen LogP contribution is -2.38. The van der Waals surface area contributed by atoms with Crippen molar-refractivity contribution in [2.24, 2.45) is 0 Å². The number of benzene rings is 2. The van der Waals surface area contributed by atoms with E-state index in [4.69, 9.17) is 9.47 Å². The molecule has 0 bridgehead atoms. The number of hydrogen-bond acceptors (Lipinski definition) is 4. The van der Waals surface area contributed by atoms with Gasteiger partial charge in [-0.3, -0.25) is 4.79 Å². The van der Waals surface area contributed by atoms with Crippen molar-refractivity contribution in [2.45, 2.75) is 6.42 Å². The van der Waals surface area contributed by atoms with Crippen LogP contribution in [0.1, 0.15) is 16.8 Å². The Kier molecular flexibility index (Phi) is 5.73. The van der Waals surface area contributed by atoms with Crippen LogP contribution in [0.25, 0.3) is 0 Å². The molecule has 6 nitrogen and oxygen atoms in total. The van der Waals surface area contributed by atoms with E-state index < -0.39 is 0 Å². The van der Waals surface area contributed by atoms with Crippen molar-refractivity contribution in [2.75, 3.05) is 33.3 Å². The van der Waals surface area contributed by atoms with Gasteiger partial charge in [0.05, 0.1) is 7.11 Å². The number of para-hydroxylation sites is 1. The Morgan fingerprint density at radius 3 is 2.31 bits per heavy atom. The summed E-state index contributed by atoms with van der Waals surface area (Å²) in [7, 11) is 1.58. The lowest BCUT2D eigenvalue weighted by molar-refractivity contribution is 0.0759. The Bertz CT molecular complexity index is 763. The molecule has 0 N–H and O–H groups in total. The van der Waals surface area contributed by atoms with Gasteiger partial charge in [0.25, 0.3) is 5.91 Å². The van der Waals surface area contributed by atoms with Crippen LogP contribution in [0.3, 0.4) is 0 Å². The number of carbonyl (C=O) groups is 2. The van der Waals surface area contributed by atoms with Crippen LogP contribution in [0.4, 0.5) is 4.79 Å². The van der Waals surface area contributed by atoms with Gasteiger partial charge >= 0.3 is 6.09 Å². The maximum absolute atomic E-state index is 12.7. The Morgan fingerprint density at radius 1 is 0.846 bits per heavy atom. The molecule has 1 aliphatic rings. The molecule has 0 aromatic heterocycles. The van der Waals surface area contributed by atoms with Crippen LogP contribution in [0.15, 0.2) is 54.6 Å². The fourth-order valence-corrected chi connectivity index (χ4v) is 2.90. The third-order valence-electron chi connectivity index (χ3n) is 4.31. The van der Waals surface area contributed by atoms with Gasteiger partial charge in [0, 0.05) is 31.7 Å². The monoisotopic (exact) mass is 354 g/mol. The van der Waals surface area contributed by atoms with Crippen LogP contribution in [-0.4, -0.2) is 55.1 Å². The van der Waals surface area contributed by atoms with Crippen molar-refractivity contribution in [1.82, 2.24) is 9.80 Å². The first-order chi connectivity index (χ1) is 12.7. The van der Waals surface area contributed by atoms with Gasteiger partial charge in [-0.15, -0.1) is 0 Å². The highest BCUT2D eigenvalue weighted by Crippen LogP contribution is 2.16. The van der Waals surface area contributed by atoms with Crippen LogP contribution in [0, 0.1) is 0 Å². The largest absolute Gasteiger partial charge is 0.497 e. The van der Waals surface area contributed by atoms with Crippen LogP contribution in [0.2, 0.25) is 0 Å². The predicted octanol–water partition coefficient (Wildman–Crippen LogP) is 3.04. The predicted molar refractivity (Wildman–Crippen MR) is 97.6 cm³/mol. The van der Waals surface area contributed by atoms with Crippen LogP contribution in [-0.2, 0) is 0 Å². The van der Waals surface area contributed by atoms with Crippen molar-refractivity contribution >= 4 is 12.0 Å². The van der Waals surface area contributed by atoms with Crippen LogP contribution >= 0.6 is 0 Å². The molecule has 0 spiro atoms. The molecule has 1 saturated heterocycles. The Labute approximate surface area is 152 Å². The van der Waals surface area contributed by atoms with Gasteiger partial charge in [-0.1, -0.05) is 24.3 Å². The number of carbonyl (C=O) groups excluding carboxylic acids is 2. The van der Waals surface area contributed by atoms with E-state index in [2.05, 4.69) is 0 Å². The molecule has 1 fully saturated rings. The summed E-state index contributed by atoms with van der Waals surface area (Å²) < 4.78 is 10.6. The number of ether oxygens (including phenoxy) is 2. The van der Waals surface area contributed by atoms with Crippen LogP contribution in [0.5, 0.6) is 11.5 Å². The number of amides is 2. The van der Waals surface area contributed by atoms with Gasteiger partial charge in [0.2, 0.25) is 0 Å². The highest BCUT2D eigenvalue weighted by molar-refractivity contribution is 5.94. The molecule has 0 radical (unpaired) electrons. The fourth-order valence-electron chi connectivity index (χ4n) is 2.90. The summed E-state index contributed by atoms with van der Waals surface area (Å²) >= 11 is 0. The number of rotatable bonds is 3. The van der Waals surface area contributed by atoms with Gasteiger partial charge in [0.1, 0.15) is 11.5 Å². The number of hydrogen-bond donors (Lipinski definition) is 0. The lowest BCUT2D eigenvalue weighted by atomic mass is 10.2. The minimum Gasteiger partial charge on any atom is -0.497 e. The second kappa shape index (κ2) is 8.38. The summed E-state index contributed by atoms with van der Waals surface area (Å²) in [6.45, 7) is 2.08. The Morgan fingerprint density at radius 2 is 1.54 bits per heavy atom. The first-order valence-electron chi connectivity index (χ1n) is 8.62. The number of nitrogens with zero attached hydrogens (tertiary/aromatic N) is 2. The molecule has 0 aliphatic carbocycles. The van der Waals surface area contributed by atoms with E-state index in [1.807, 2.05) is 18.2 Å². The van der Waals surface area contributed by atoms with E-state index in [0.717, 1.165) is 0 Å². The van der Waals surface area contributed by atoms with Crippen molar-refractivity contribution in [3.8, 4) is 11.5 Å². The summed E-state index contributed by atoms with van der Waals surface area (Å²) in [5.41, 5.74) is 0.588. The zero-order valence-corrected chi connectivity index (χ0v) is 14.8. The fraction of sp³-hybridized carbons (Fsp3) is 0.300. The third-order valence-corrected chi connectivity index (χ3v) is 4.31. The van der Waals surface area contributed by atoms with Gasteiger partial charge in [0.15, 0.2) is 0 Å². The average molecular weight is 354 g/mol. The molecule has 26 heavy (non-hydrogen) atoms. The molecular weight excluding hydrogens is 332 g/mol. The zero-order valence-electron chi connectivity index (χ0n) is 14.8. The minimum atomic E-state index is -0.383. The summed E-state index contributed by atoms with van der Waals surface area (Å²) in [6.07, 6.45) is 0.325. The Balaban J connectivity index is 1.60. The summed E-state index contributed by atoms with van der Waals surface area (Å²) in [5, 5.41) is 0. The van der Waals surface area contributed by atoms with Gasteiger partial charge in [-0.05, 0) is 36.8 Å². The molecule has 2 aromatic rings. The van der Waals surface area contributed by atoms with Crippen LogP contribution < -0.4 is 9.47 Å². The zero-order chi connectivity index (χ0) is 18.4. The number of methoxy groups -OCH3 is 1. The van der Waals surface area contributed by atoms with Crippen molar-refractivity contribution in [3.05, 3.63) is 60.2 Å². The quantitative estimate of drug-likeness (QED) is 0.850. The molecule has 1 heterocycles. The van der Waals surface area contributed by atoms with Crippen molar-refractivity contribution in [3.63, 3.8) is 0 Å². The van der Waals surface area contributed by atoms with Gasteiger partial charge in [-0.25, -0.2) is 4.79 Å². The molecular formula is C20H22N2O4. The second-order valence-corrected chi connectivity index (χ2v) is 6.05. The molecule has 1 aliphatic heterocycles. The third kappa shape index (κ3) is 4.33. The molecule has 6 heteroatoms. The van der Waals surface area contributed by atoms with Gasteiger partial charge in [-0.2, -0.15) is 0 Å². The smallest absolute Gasteiger partial charge is 0.415 e. The first kappa shape index (κ1) is 17.8. The van der Waals surface area contributed by atoms with E-state index in [9.17, 15) is 9.59 Å². The Hall–Kier alpha value is -3.02. The normalized spacial score (nSPS) is 14.5. The molecule has 2 amide bonds. The lowest BCUT2D eigenvalue weighted by Gasteiger charge is -2.22. The summed E-state index contributed by atoms with van der Waals surface area (Å²) in [6, 6.07) is 16.1. The van der Waals surface area contributed by atoms with E-state index in [1.54, 1.807) is 53.3 Å². The SMILES string of the molecule is COc1cccc(C(=O)N2CCCN(C(=O)Oc3ccccc3)CC2)c1. The standard InChI is InChI=1S/C20H22N2O4/c1-25-18-10-5-7-16(15-18)19(23)21-11-6-12-22(14-13-21)20(24)26-17-8-3-2-4-9-17/h2-5,7-10,15H,6,11-14H2,1H3. The molecule has 0 atom stereocenters. The molecule has 0 unspecified atom stereocenters. The average Bonchev–Trinajstić information content (AvgIpc) is 2.94. The van der Waals surface area contributed by atoms with E-state index in [-0.39, 0.29) is 12.0 Å². The summed E-state index contributed by atoms with van der Waals surface area (Å²) in [4.78, 5) is 28.5. The van der Waals surface area contributed by atoms with E-state index in [0.29, 0.717) is 49.7 Å². The van der Waals surface area contributed by atoms with Crippen molar-refractivity contribution in [1.29, 1.82) is 0 Å². The molecule has 3 rings (SSSR count). The maximum atomic E-state index is 12.7. The van der Waals surface area contributed by atoms with Gasteiger partial charge < -0.3 is 19.3 Å². The molecule has 2 aromatic carbocycles. The topological polar surface area (TPSA) is 59.1 Å². The molecule has 136 valence electrons. The molecule has 0 saturated carbocycles. The highest BCUT2D eigenvalue weighted by Gasteiger charge is 2.24. The first-order valence-corrected chi connectivity index (χ1v) is 8.62. The highest BCUT2D eigenvalue weighted by atomic mass is 16.6. The second-order valence-electron chi connectivity index (χ2n) is 6.05. The van der Waals surface area contributed by atoms with E-state index in [1.165, 1.54) is 0 Å². The van der Waals surface area contributed by atoms with Crippen molar-refractivity contribution < 1.29 is 19.1 Å². The summed E-state index contributed by atoms with van der Waals surface area (Å²) in [5.74, 6) is 1.12.